The Labute approximate surface area is 150 Å². The minimum atomic E-state index is -0.804. The van der Waals surface area contributed by atoms with Gasteiger partial charge in [-0.2, -0.15) is 9.61 Å². The summed E-state index contributed by atoms with van der Waals surface area (Å²) < 4.78 is 28.1. The van der Waals surface area contributed by atoms with Crippen molar-refractivity contribution in [2.45, 2.75) is 32.2 Å². The molecule has 1 fully saturated rings. The molecule has 1 saturated heterocycles. The van der Waals surface area contributed by atoms with Gasteiger partial charge in [-0.3, -0.25) is 4.90 Å². The molecule has 1 aliphatic rings. The van der Waals surface area contributed by atoms with E-state index in [1.54, 1.807) is 10.6 Å². The van der Waals surface area contributed by atoms with Gasteiger partial charge in [0.05, 0.1) is 5.69 Å². The van der Waals surface area contributed by atoms with Crippen LogP contribution >= 0.6 is 0 Å². The summed E-state index contributed by atoms with van der Waals surface area (Å²) >= 11 is 0. The lowest BCUT2D eigenvalue weighted by molar-refractivity contribution is 0.203. The van der Waals surface area contributed by atoms with Crippen molar-refractivity contribution in [1.82, 2.24) is 19.5 Å². The largest absolute Gasteiger partial charge is 0.384 e. The number of fused-ring (bicyclic) bond motifs is 1. The summed E-state index contributed by atoms with van der Waals surface area (Å²) in [6.45, 7) is 4.31. The Morgan fingerprint density at radius 2 is 1.88 bits per heavy atom. The van der Waals surface area contributed by atoms with E-state index in [0.717, 1.165) is 48.5 Å². The highest BCUT2D eigenvalue weighted by atomic mass is 19.2. The van der Waals surface area contributed by atoms with E-state index in [1.165, 1.54) is 12.1 Å². The molecule has 5 nitrogen and oxygen atoms in total. The normalized spacial score (nSPS) is 16.4. The van der Waals surface area contributed by atoms with Crippen LogP contribution in [0.15, 0.2) is 30.3 Å². The number of aromatic nitrogens is 3. The van der Waals surface area contributed by atoms with Gasteiger partial charge in [0, 0.05) is 30.3 Å². The molecule has 0 saturated carbocycles. The van der Waals surface area contributed by atoms with Gasteiger partial charge in [-0.25, -0.2) is 13.8 Å². The fourth-order valence-corrected chi connectivity index (χ4v) is 3.62. The average molecular weight is 357 g/mol. The Balaban J connectivity index is 1.44. The number of likely N-dealkylation sites (tertiary alicyclic amines) is 1. The lowest BCUT2D eigenvalue weighted by atomic mass is 9.93. The van der Waals surface area contributed by atoms with Crippen molar-refractivity contribution in [3.63, 3.8) is 0 Å². The summed E-state index contributed by atoms with van der Waals surface area (Å²) in [4.78, 5) is 6.98. The van der Waals surface area contributed by atoms with Crippen LogP contribution in [0.3, 0.4) is 0 Å². The zero-order valence-corrected chi connectivity index (χ0v) is 14.6. The lowest BCUT2D eigenvalue weighted by Gasteiger charge is -2.31. The van der Waals surface area contributed by atoms with Gasteiger partial charge in [-0.15, -0.1) is 0 Å². The fraction of sp³-hybridized carbons (Fsp3) is 0.368. The summed E-state index contributed by atoms with van der Waals surface area (Å²) in [5, 5.41) is 4.33. The van der Waals surface area contributed by atoms with Crippen LogP contribution < -0.4 is 5.73 Å². The van der Waals surface area contributed by atoms with E-state index >= 15 is 0 Å². The summed E-state index contributed by atoms with van der Waals surface area (Å²) in [5.74, 6) is -0.649. The maximum Gasteiger partial charge on any atom is 0.159 e. The van der Waals surface area contributed by atoms with Crippen molar-refractivity contribution in [2.75, 3.05) is 18.8 Å². The van der Waals surface area contributed by atoms with Gasteiger partial charge in [0.15, 0.2) is 17.3 Å². The molecule has 0 unspecified atom stereocenters. The molecule has 7 heteroatoms. The quantitative estimate of drug-likeness (QED) is 0.782. The van der Waals surface area contributed by atoms with Crippen molar-refractivity contribution in [2.24, 2.45) is 0 Å². The van der Waals surface area contributed by atoms with Crippen molar-refractivity contribution < 1.29 is 8.78 Å². The molecular weight excluding hydrogens is 336 g/mol. The first-order valence-corrected chi connectivity index (χ1v) is 8.78. The minimum Gasteiger partial charge on any atom is -0.384 e. The number of benzene rings is 1. The second kappa shape index (κ2) is 6.64. The highest BCUT2D eigenvalue weighted by Crippen LogP contribution is 2.29. The number of piperidine rings is 1. The zero-order chi connectivity index (χ0) is 18.3. The first-order chi connectivity index (χ1) is 12.5. The molecule has 3 heterocycles. The Hall–Kier alpha value is -2.54. The van der Waals surface area contributed by atoms with E-state index in [9.17, 15) is 8.78 Å². The van der Waals surface area contributed by atoms with Gasteiger partial charge in [0.2, 0.25) is 0 Å². The van der Waals surface area contributed by atoms with Crippen LogP contribution in [0.4, 0.5) is 14.6 Å². The van der Waals surface area contributed by atoms with Crippen molar-refractivity contribution in [1.29, 1.82) is 0 Å². The smallest absolute Gasteiger partial charge is 0.159 e. The number of anilines is 1. The van der Waals surface area contributed by atoms with E-state index in [2.05, 4.69) is 10.00 Å². The van der Waals surface area contributed by atoms with Crippen LogP contribution in [0.25, 0.3) is 5.65 Å². The number of halogens is 2. The summed E-state index contributed by atoms with van der Waals surface area (Å²) in [5.41, 5.74) is 9.58. The van der Waals surface area contributed by atoms with Gasteiger partial charge in [0.25, 0.3) is 0 Å². The zero-order valence-electron chi connectivity index (χ0n) is 14.6. The summed E-state index contributed by atoms with van der Waals surface area (Å²) in [6, 6.07) is 7.95. The van der Waals surface area contributed by atoms with Crippen LogP contribution in [0.5, 0.6) is 0 Å². The average Bonchev–Trinajstić information content (AvgIpc) is 3.00. The number of hydrogen-bond donors (Lipinski definition) is 1. The van der Waals surface area contributed by atoms with E-state index in [0.29, 0.717) is 18.3 Å². The lowest BCUT2D eigenvalue weighted by Crippen LogP contribution is -2.32. The van der Waals surface area contributed by atoms with Crippen molar-refractivity contribution in [3.05, 3.63) is 58.9 Å². The number of nitrogens with two attached hydrogens (primary N) is 1. The fourth-order valence-electron chi connectivity index (χ4n) is 3.62. The maximum absolute atomic E-state index is 13.4. The second-order valence-electron chi connectivity index (χ2n) is 6.96. The first-order valence-electron chi connectivity index (χ1n) is 8.78. The topological polar surface area (TPSA) is 59.5 Å². The molecule has 0 radical (unpaired) electrons. The van der Waals surface area contributed by atoms with E-state index in [-0.39, 0.29) is 0 Å². The molecular formula is C19H21F2N5. The molecule has 2 N–H and O–H groups in total. The molecule has 136 valence electrons. The molecule has 0 spiro atoms. The van der Waals surface area contributed by atoms with Gasteiger partial charge in [-0.1, -0.05) is 6.07 Å². The number of nitrogens with zero attached hydrogens (tertiary/aromatic N) is 4. The van der Waals surface area contributed by atoms with Gasteiger partial charge < -0.3 is 5.73 Å². The van der Waals surface area contributed by atoms with E-state index in [4.69, 9.17) is 10.7 Å². The second-order valence-corrected chi connectivity index (χ2v) is 6.96. The molecule has 3 aromatic rings. The monoisotopic (exact) mass is 357 g/mol. The molecule has 1 aliphatic heterocycles. The van der Waals surface area contributed by atoms with Gasteiger partial charge in [-0.05, 0) is 50.6 Å². The number of nitrogen functional groups attached to an aromatic ring is 1. The van der Waals surface area contributed by atoms with Crippen LogP contribution in [0.1, 0.15) is 35.7 Å². The molecule has 0 aliphatic carbocycles. The van der Waals surface area contributed by atoms with Crippen LogP contribution in [0, 0.1) is 18.6 Å². The van der Waals surface area contributed by atoms with Gasteiger partial charge in [0.1, 0.15) is 5.82 Å². The predicted molar refractivity (Wildman–Crippen MR) is 95.7 cm³/mol. The van der Waals surface area contributed by atoms with Gasteiger partial charge >= 0.3 is 0 Å². The number of hydrogen-bond acceptors (Lipinski definition) is 4. The van der Waals surface area contributed by atoms with E-state index in [1.807, 2.05) is 19.1 Å². The van der Waals surface area contributed by atoms with Crippen LogP contribution in [0.2, 0.25) is 0 Å². The molecule has 0 atom stereocenters. The Morgan fingerprint density at radius 1 is 1.12 bits per heavy atom. The third-order valence-corrected chi connectivity index (χ3v) is 4.99. The standard InChI is InChI=1S/C19H21F2N5/c1-12-8-19-23-17(10-18(22)26(19)24-12)14-4-6-25(7-5-14)11-13-2-3-15(20)16(21)9-13/h2-3,8-10,14H,4-7,11,22H2,1H3. The molecule has 1 aromatic carbocycles. The Kier molecular flexibility index (Phi) is 4.32. The molecule has 4 rings (SSSR count). The van der Waals surface area contributed by atoms with Crippen molar-refractivity contribution in [3.8, 4) is 0 Å². The Morgan fingerprint density at radius 3 is 2.62 bits per heavy atom. The third-order valence-electron chi connectivity index (χ3n) is 4.99. The summed E-state index contributed by atoms with van der Waals surface area (Å²) in [6.07, 6.45) is 1.92. The third kappa shape index (κ3) is 3.26. The Bertz CT molecular complexity index is 944. The predicted octanol–water partition coefficient (Wildman–Crippen LogP) is 3.28. The van der Waals surface area contributed by atoms with Crippen LogP contribution in [-0.4, -0.2) is 32.6 Å². The highest BCUT2D eigenvalue weighted by Gasteiger charge is 2.23. The molecule has 0 amide bonds. The van der Waals surface area contributed by atoms with Crippen LogP contribution in [-0.2, 0) is 6.54 Å². The summed E-state index contributed by atoms with van der Waals surface area (Å²) in [7, 11) is 0. The highest BCUT2D eigenvalue weighted by molar-refractivity contribution is 5.48. The molecule has 26 heavy (non-hydrogen) atoms. The number of aryl methyl sites for hydroxylation is 1. The molecule has 2 aromatic heterocycles. The molecule has 0 bridgehead atoms. The minimum absolute atomic E-state index is 0.346. The maximum atomic E-state index is 13.4. The first kappa shape index (κ1) is 16.9. The SMILES string of the molecule is Cc1cc2nc(C3CCN(Cc4ccc(F)c(F)c4)CC3)cc(N)n2n1. The van der Waals surface area contributed by atoms with E-state index < -0.39 is 11.6 Å². The van der Waals surface area contributed by atoms with Crippen molar-refractivity contribution >= 4 is 11.5 Å². The number of rotatable bonds is 3.